The lowest BCUT2D eigenvalue weighted by Crippen LogP contribution is -2.29. The Labute approximate surface area is 221 Å². The number of aromatic nitrogens is 1. The summed E-state index contributed by atoms with van der Waals surface area (Å²) in [4.78, 5) is 29.4. The molecule has 2 N–H and O–H groups in total. The Bertz CT molecular complexity index is 1400. The van der Waals surface area contributed by atoms with Crippen molar-refractivity contribution < 1.29 is 27.5 Å². The van der Waals surface area contributed by atoms with Crippen molar-refractivity contribution >= 4 is 72.7 Å². The molecule has 188 valence electrons. The van der Waals surface area contributed by atoms with Gasteiger partial charge in [0.2, 0.25) is 0 Å². The van der Waals surface area contributed by atoms with E-state index in [0.29, 0.717) is 57.2 Å². The number of thioether (sulfide) groups is 1. The number of furan rings is 1. The van der Waals surface area contributed by atoms with E-state index in [1.54, 1.807) is 35.7 Å². The summed E-state index contributed by atoms with van der Waals surface area (Å²) in [5, 5.41) is 10.7. The van der Waals surface area contributed by atoms with E-state index in [1.165, 1.54) is 46.3 Å². The van der Waals surface area contributed by atoms with Crippen LogP contribution in [0.5, 0.6) is 0 Å². The fourth-order valence-corrected chi connectivity index (χ4v) is 6.45. The third-order valence-electron chi connectivity index (χ3n) is 5.15. The van der Waals surface area contributed by atoms with Crippen LogP contribution in [-0.2, 0) is 19.6 Å². The van der Waals surface area contributed by atoms with Gasteiger partial charge in [0.25, 0.3) is 15.9 Å². The number of carbonyl (C=O) groups excluding carboxylic acids is 1. The first-order valence-electron chi connectivity index (χ1n) is 10.8. The lowest BCUT2D eigenvalue weighted by Gasteiger charge is -2.13. The average molecular weight is 564 g/mol. The molecule has 0 atom stereocenters. The van der Waals surface area contributed by atoms with Gasteiger partial charge in [-0.1, -0.05) is 30.4 Å². The van der Waals surface area contributed by atoms with Gasteiger partial charge in [0.05, 0.1) is 9.80 Å². The Morgan fingerprint density at radius 1 is 1.17 bits per heavy atom. The number of nitrogens with zero attached hydrogens (tertiary/aromatic N) is 2. The van der Waals surface area contributed by atoms with E-state index in [-0.39, 0.29) is 17.2 Å². The minimum absolute atomic E-state index is 0.0971. The molecule has 9 nitrogen and oxygen atoms in total. The quantitative estimate of drug-likeness (QED) is 0.187. The van der Waals surface area contributed by atoms with Crippen molar-refractivity contribution in [3.8, 4) is 11.3 Å². The van der Waals surface area contributed by atoms with Gasteiger partial charge in [-0.15, -0.1) is 11.3 Å². The maximum Gasteiger partial charge on any atom is 0.303 e. The molecule has 0 unspecified atom stereocenters. The van der Waals surface area contributed by atoms with Crippen LogP contribution in [0.4, 0.5) is 5.13 Å². The van der Waals surface area contributed by atoms with Crippen molar-refractivity contribution in [1.82, 2.24) is 9.88 Å². The molecule has 1 fully saturated rings. The Hall–Kier alpha value is -3.00. The van der Waals surface area contributed by atoms with Crippen LogP contribution in [0.3, 0.4) is 0 Å². The van der Waals surface area contributed by atoms with E-state index < -0.39 is 16.0 Å². The van der Waals surface area contributed by atoms with Gasteiger partial charge in [0, 0.05) is 36.2 Å². The summed E-state index contributed by atoms with van der Waals surface area (Å²) < 4.78 is 33.8. The number of unbranched alkanes of at least 4 members (excludes halogenated alkanes) is 2. The zero-order valence-corrected chi connectivity index (χ0v) is 22.0. The van der Waals surface area contributed by atoms with Crippen molar-refractivity contribution in [2.45, 2.75) is 30.6 Å². The summed E-state index contributed by atoms with van der Waals surface area (Å²) in [7, 11) is -3.75. The number of thiocarbonyl (C=S) groups is 1. The molecule has 3 heterocycles. The predicted octanol–water partition coefficient (Wildman–Crippen LogP) is 5.05. The fraction of sp³-hybridized carbons (Fsp3) is 0.217. The van der Waals surface area contributed by atoms with Crippen LogP contribution in [0.15, 0.2) is 62.2 Å². The molecular formula is C23H21N3O6S4. The first-order valence-corrected chi connectivity index (χ1v) is 14.4. The summed E-state index contributed by atoms with van der Waals surface area (Å²) in [5.41, 5.74) is 0.678. The normalized spacial score (nSPS) is 15.1. The number of sulfonamides is 1. The molecule has 0 radical (unpaired) electrons. The van der Waals surface area contributed by atoms with E-state index in [0.717, 1.165) is 0 Å². The highest BCUT2D eigenvalue weighted by Crippen LogP contribution is 2.34. The SMILES string of the molecule is O=C(O)CCCCCN1C(=O)/C(=C/c2ccc(-c3ccc(S(=O)(=O)Nc4nccs4)cc3)o2)SC1=S. The first-order chi connectivity index (χ1) is 17.2. The number of aliphatic carboxylic acids is 1. The number of thiazole rings is 1. The van der Waals surface area contributed by atoms with Gasteiger partial charge in [0.1, 0.15) is 15.8 Å². The molecule has 0 spiro atoms. The number of hydrogen-bond donors (Lipinski definition) is 2. The van der Waals surface area contributed by atoms with Crippen LogP contribution in [0.1, 0.15) is 31.4 Å². The molecule has 1 aromatic carbocycles. The molecule has 1 amide bonds. The minimum Gasteiger partial charge on any atom is -0.481 e. The predicted molar refractivity (Wildman–Crippen MR) is 143 cm³/mol. The van der Waals surface area contributed by atoms with Crippen LogP contribution in [0.25, 0.3) is 17.4 Å². The average Bonchev–Trinajstić information content (AvgIpc) is 3.57. The van der Waals surface area contributed by atoms with Crippen LogP contribution in [-0.4, -0.2) is 46.1 Å². The van der Waals surface area contributed by atoms with Gasteiger partial charge in [-0.2, -0.15) is 0 Å². The van der Waals surface area contributed by atoms with Crippen molar-refractivity contribution in [2.75, 3.05) is 11.3 Å². The van der Waals surface area contributed by atoms with E-state index in [1.807, 2.05) is 0 Å². The van der Waals surface area contributed by atoms with Crippen molar-refractivity contribution in [3.63, 3.8) is 0 Å². The number of carbonyl (C=O) groups is 2. The first kappa shape index (κ1) is 26.1. The summed E-state index contributed by atoms with van der Waals surface area (Å²) in [6.07, 6.45) is 5.19. The summed E-state index contributed by atoms with van der Waals surface area (Å²) in [6, 6.07) is 9.71. The van der Waals surface area contributed by atoms with E-state index in [9.17, 15) is 18.0 Å². The number of anilines is 1. The third-order valence-corrected chi connectivity index (χ3v) is 8.70. The number of carboxylic acid groups (broad SMARTS) is 1. The highest BCUT2D eigenvalue weighted by Gasteiger charge is 2.31. The highest BCUT2D eigenvalue weighted by atomic mass is 32.2. The number of nitrogens with one attached hydrogen (secondary N) is 1. The highest BCUT2D eigenvalue weighted by molar-refractivity contribution is 8.26. The molecular weight excluding hydrogens is 543 g/mol. The zero-order valence-electron chi connectivity index (χ0n) is 18.7. The third kappa shape index (κ3) is 6.40. The minimum atomic E-state index is -3.75. The topological polar surface area (TPSA) is 130 Å². The fourth-order valence-electron chi connectivity index (χ4n) is 3.38. The molecule has 13 heteroatoms. The van der Waals surface area contributed by atoms with Gasteiger partial charge >= 0.3 is 5.97 Å². The monoisotopic (exact) mass is 563 g/mol. The van der Waals surface area contributed by atoms with Gasteiger partial charge in [-0.3, -0.25) is 19.2 Å². The smallest absolute Gasteiger partial charge is 0.303 e. The molecule has 36 heavy (non-hydrogen) atoms. The van der Waals surface area contributed by atoms with Crippen molar-refractivity contribution in [1.29, 1.82) is 0 Å². The Kier molecular flexibility index (Phi) is 8.24. The van der Waals surface area contributed by atoms with E-state index in [4.69, 9.17) is 21.7 Å². The number of amides is 1. The Morgan fingerprint density at radius 3 is 2.64 bits per heavy atom. The number of carboxylic acids is 1. The maximum absolute atomic E-state index is 12.8. The van der Waals surface area contributed by atoms with Gasteiger partial charge in [-0.25, -0.2) is 13.4 Å². The second-order valence-corrected chi connectivity index (χ2v) is 12.0. The Balaban J connectivity index is 1.39. The number of rotatable bonds is 11. The van der Waals surface area contributed by atoms with Gasteiger partial charge in [0.15, 0.2) is 5.13 Å². The summed E-state index contributed by atoms with van der Waals surface area (Å²) in [5.74, 6) is -0.0457. The van der Waals surface area contributed by atoms with Crippen LogP contribution >= 0.6 is 35.3 Å². The van der Waals surface area contributed by atoms with Gasteiger partial charge < -0.3 is 9.52 Å². The lowest BCUT2D eigenvalue weighted by molar-refractivity contribution is -0.137. The molecule has 1 aliphatic heterocycles. The van der Waals surface area contributed by atoms with E-state index in [2.05, 4.69) is 9.71 Å². The molecule has 0 bridgehead atoms. The second-order valence-electron chi connectivity index (χ2n) is 7.71. The van der Waals surface area contributed by atoms with Crippen LogP contribution in [0.2, 0.25) is 0 Å². The van der Waals surface area contributed by atoms with Crippen LogP contribution < -0.4 is 4.72 Å². The van der Waals surface area contributed by atoms with Crippen molar-refractivity contribution in [2.24, 2.45) is 0 Å². The lowest BCUT2D eigenvalue weighted by atomic mass is 10.2. The molecule has 3 aromatic rings. The van der Waals surface area contributed by atoms with Crippen molar-refractivity contribution in [3.05, 3.63) is 58.6 Å². The number of hydrogen-bond acceptors (Lipinski definition) is 9. The van der Waals surface area contributed by atoms with E-state index >= 15 is 0 Å². The maximum atomic E-state index is 12.8. The summed E-state index contributed by atoms with van der Waals surface area (Å²) in [6.45, 7) is 0.442. The molecule has 1 saturated heterocycles. The number of benzene rings is 1. The Morgan fingerprint density at radius 2 is 1.94 bits per heavy atom. The second kappa shape index (κ2) is 11.4. The summed E-state index contributed by atoms with van der Waals surface area (Å²) >= 11 is 7.72. The van der Waals surface area contributed by atoms with Gasteiger partial charge in [-0.05, 0) is 49.2 Å². The zero-order chi connectivity index (χ0) is 25.7. The molecule has 2 aromatic heterocycles. The largest absolute Gasteiger partial charge is 0.481 e. The molecule has 0 saturated carbocycles. The van der Waals surface area contributed by atoms with Crippen LogP contribution in [0, 0.1) is 0 Å². The molecule has 1 aliphatic rings. The standard InChI is InChI=1S/C23H21N3O6S4/c27-20(28)4-2-1-3-12-26-21(29)19(35-23(26)33)14-16-7-10-18(32-16)15-5-8-17(9-6-15)36(30,31)25-22-24-11-13-34-22/h5-11,13-14H,1-4,12H2,(H,24,25)(H,27,28)/b19-14-. The molecule has 4 rings (SSSR count). The molecule has 0 aliphatic carbocycles.